The number of nitrogens with one attached hydrogen (secondary N) is 2. The highest BCUT2D eigenvalue weighted by Gasteiger charge is 2.19. The minimum atomic E-state index is -0.553. The monoisotopic (exact) mass is 329 g/mol. The van der Waals surface area contributed by atoms with Crippen molar-refractivity contribution in [3.63, 3.8) is 0 Å². The van der Waals surface area contributed by atoms with Crippen molar-refractivity contribution in [2.24, 2.45) is 0 Å². The lowest BCUT2D eigenvalue weighted by atomic mass is 10.2. The van der Waals surface area contributed by atoms with Crippen LogP contribution >= 0.6 is 15.9 Å². The summed E-state index contributed by atoms with van der Waals surface area (Å²) < 4.78 is 0.615. The molecule has 0 radical (unpaired) electrons. The van der Waals surface area contributed by atoms with E-state index in [1.165, 1.54) is 6.07 Å². The molecule has 0 aliphatic carbocycles. The maximum absolute atomic E-state index is 11.8. The van der Waals surface area contributed by atoms with E-state index in [4.69, 9.17) is 0 Å². The van der Waals surface area contributed by atoms with Crippen LogP contribution in [-0.2, 0) is 4.79 Å². The largest absolute Gasteiger partial charge is 0.368 e. The average Bonchev–Trinajstić information content (AvgIpc) is 2.30. The maximum Gasteiger partial charge on any atom is 0.293 e. The Kier molecular flexibility index (Phi) is 5.29. The fourth-order valence-corrected chi connectivity index (χ4v) is 1.84. The summed E-state index contributed by atoms with van der Waals surface area (Å²) in [5.74, 6) is -0.202. The third kappa shape index (κ3) is 4.51. The first-order chi connectivity index (χ1) is 8.81. The molecule has 19 heavy (non-hydrogen) atoms. The predicted molar refractivity (Wildman–Crippen MR) is 77.2 cm³/mol. The Morgan fingerprint density at radius 2 is 2.00 bits per heavy atom. The van der Waals surface area contributed by atoms with Gasteiger partial charge in [-0.15, -0.1) is 0 Å². The molecule has 1 amide bonds. The Balaban J connectivity index is 2.87. The van der Waals surface area contributed by atoms with Gasteiger partial charge in [-0.25, -0.2) is 0 Å². The van der Waals surface area contributed by atoms with E-state index in [2.05, 4.69) is 26.6 Å². The third-order valence-electron chi connectivity index (χ3n) is 2.35. The minimum absolute atomic E-state index is 0.0247. The highest BCUT2D eigenvalue weighted by molar-refractivity contribution is 9.10. The highest BCUT2D eigenvalue weighted by Crippen LogP contribution is 2.28. The number of carbonyl (C=O) groups excluding carboxylic acids is 1. The van der Waals surface area contributed by atoms with Gasteiger partial charge in [0.1, 0.15) is 11.7 Å². The van der Waals surface area contributed by atoms with E-state index in [0.29, 0.717) is 10.2 Å². The van der Waals surface area contributed by atoms with Crippen LogP contribution < -0.4 is 10.6 Å². The molecule has 6 nitrogen and oxygen atoms in total. The summed E-state index contributed by atoms with van der Waals surface area (Å²) in [6.45, 7) is 5.36. The number of nitro groups is 1. The van der Waals surface area contributed by atoms with Gasteiger partial charge in [0, 0.05) is 16.6 Å². The number of rotatable bonds is 5. The van der Waals surface area contributed by atoms with Crippen molar-refractivity contribution in [2.75, 3.05) is 5.32 Å². The summed E-state index contributed by atoms with van der Waals surface area (Å²) in [7, 11) is 0. The van der Waals surface area contributed by atoms with Crippen molar-refractivity contribution >= 4 is 33.2 Å². The van der Waals surface area contributed by atoms with Crippen molar-refractivity contribution in [1.29, 1.82) is 0 Å². The van der Waals surface area contributed by atoms with Gasteiger partial charge in [0.15, 0.2) is 0 Å². The van der Waals surface area contributed by atoms with E-state index in [-0.39, 0.29) is 17.6 Å². The maximum atomic E-state index is 11.8. The summed E-state index contributed by atoms with van der Waals surface area (Å²) in [6.07, 6.45) is 0. The standard InChI is InChI=1S/C12H16BrN3O3/c1-7(2)14-12(17)8(3)15-10-5-4-9(13)6-11(10)16(18)19/h4-8,15H,1-3H3,(H,14,17). The highest BCUT2D eigenvalue weighted by atomic mass is 79.9. The van der Waals surface area contributed by atoms with Gasteiger partial charge in [0.2, 0.25) is 5.91 Å². The molecule has 0 saturated heterocycles. The van der Waals surface area contributed by atoms with Crippen LogP contribution in [0.15, 0.2) is 22.7 Å². The molecule has 1 unspecified atom stereocenters. The average molecular weight is 330 g/mol. The van der Waals surface area contributed by atoms with Crippen LogP contribution in [0.4, 0.5) is 11.4 Å². The molecule has 0 aliphatic heterocycles. The summed E-state index contributed by atoms with van der Waals surface area (Å²) in [6, 6.07) is 4.12. The molecular formula is C12H16BrN3O3. The fraction of sp³-hybridized carbons (Fsp3) is 0.417. The number of anilines is 1. The zero-order chi connectivity index (χ0) is 14.6. The molecule has 0 aromatic heterocycles. The predicted octanol–water partition coefficient (Wildman–Crippen LogP) is 2.68. The van der Waals surface area contributed by atoms with Crippen molar-refractivity contribution in [3.8, 4) is 0 Å². The number of benzene rings is 1. The van der Waals surface area contributed by atoms with Crippen LogP contribution in [0.5, 0.6) is 0 Å². The first kappa shape index (κ1) is 15.4. The normalized spacial score (nSPS) is 12.1. The van der Waals surface area contributed by atoms with Crippen molar-refractivity contribution < 1.29 is 9.72 Å². The Morgan fingerprint density at radius 1 is 1.37 bits per heavy atom. The van der Waals surface area contributed by atoms with Gasteiger partial charge in [-0.1, -0.05) is 15.9 Å². The number of carbonyl (C=O) groups is 1. The van der Waals surface area contributed by atoms with Crippen molar-refractivity contribution in [3.05, 3.63) is 32.8 Å². The number of amides is 1. The lowest BCUT2D eigenvalue weighted by Gasteiger charge is -2.17. The second-order valence-corrected chi connectivity index (χ2v) is 5.36. The second-order valence-electron chi connectivity index (χ2n) is 4.45. The molecule has 0 bridgehead atoms. The first-order valence-corrected chi connectivity index (χ1v) is 6.61. The molecule has 1 aromatic rings. The van der Waals surface area contributed by atoms with Crippen LogP contribution in [0.2, 0.25) is 0 Å². The van der Waals surface area contributed by atoms with Crippen LogP contribution in [0.25, 0.3) is 0 Å². The molecule has 0 saturated carbocycles. The second kappa shape index (κ2) is 6.51. The van der Waals surface area contributed by atoms with Gasteiger partial charge in [-0.05, 0) is 32.9 Å². The quantitative estimate of drug-likeness (QED) is 0.642. The van der Waals surface area contributed by atoms with Gasteiger partial charge in [-0.3, -0.25) is 14.9 Å². The zero-order valence-corrected chi connectivity index (χ0v) is 12.5. The van der Waals surface area contributed by atoms with Gasteiger partial charge < -0.3 is 10.6 Å². The topological polar surface area (TPSA) is 84.3 Å². The molecule has 1 rings (SSSR count). The molecule has 0 spiro atoms. The zero-order valence-electron chi connectivity index (χ0n) is 10.9. The third-order valence-corrected chi connectivity index (χ3v) is 2.85. The number of hydrogen-bond donors (Lipinski definition) is 2. The molecule has 1 atom stereocenters. The molecule has 0 heterocycles. The Labute approximate surface area is 119 Å². The number of halogens is 1. The first-order valence-electron chi connectivity index (χ1n) is 5.82. The fourth-order valence-electron chi connectivity index (χ4n) is 1.49. The Hall–Kier alpha value is -1.63. The van der Waals surface area contributed by atoms with Gasteiger partial charge >= 0.3 is 0 Å². The Morgan fingerprint density at radius 3 is 2.53 bits per heavy atom. The molecule has 104 valence electrons. The number of nitrogens with zero attached hydrogens (tertiary/aromatic N) is 1. The molecule has 0 fully saturated rings. The van der Waals surface area contributed by atoms with E-state index in [1.807, 2.05) is 13.8 Å². The van der Waals surface area contributed by atoms with Crippen LogP contribution in [0.1, 0.15) is 20.8 Å². The minimum Gasteiger partial charge on any atom is -0.368 e. The van der Waals surface area contributed by atoms with Crippen LogP contribution in [0.3, 0.4) is 0 Å². The van der Waals surface area contributed by atoms with Crippen molar-refractivity contribution in [2.45, 2.75) is 32.9 Å². The van der Waals surface area contributed by atoms with Gasteiger partial charge in [0.05, 0.1) is 4.92 Å². The van der Waals surface area contributed by atoms with Gasteiger partial charge in [0.25, 0.3) is 5.69 Å². The summed E-state index contributed by atoms with van der Waals surface area (Å²) in [5.41, 5.74) is 0.248. The van der Waals surface area contributed by atoms with E-state index < -0.39 is 11.0 Å². The summed E-state index contributed by atoms with van der Waals surface area (Å²) >= 11 is 3.18. The van der Waals surface area contributed by atoms with Crippen molar-refractivity contribution in [1.82, 2.24) is 5.32 Å². The SMILES string of the molecule is CC(C)NC(=O)C(C)Nc1ccc(Br)cc1[N+](=O)[O-]. The number of hydrogen-bond acceptors (Lipinski definition) is 4. The van der Waals surface area contributed by atoms with E-state index in [0.717, 1.165) is 0 Å². The van der Waals surface area contributed by atoms with Crippen LogP contribution in [0, 0.1) is 10.1 Å². The molecule has 7 heteroatoms. The lowest BCUT2D eigenvalue weighted by molar-refractivity contribution is -0.384. The molecule has 0 aliphatic rings. The molecule has 2 N–H and O–H groups in total. The summed E-state index contributed by atoms with van der Waals surface area (Å²) in [5, 5.41) is 16.5. The van der Waals surface area contributed by atoms with Crippen LogP contribution in [-0.4, -0.2) is 22.9 Å². The van der Waals surface area contributed by atoms with Gasteiger partial charge in [-0.2, -0.15) is 0 Å². The molecule has 1 aromatic carbocycles. The molecular weight excluding hydrogens is 314 g/mol. The summed E-state index contributed by atoms with van der Waals surface area (Å²) in [4.78, 5) is 22.2. The lowest BCUT2D eigenvalue weighted by Crippen LogP contribution is -2.41. The van der Waals surface area contributed by atoms with E-state index in [9.17, 15) is 14.9 Å². The number of nitro benzene ring substituents is 1. The Bertz CT molecular complexity index is 491. The van der Waals surface area contributed by atoms with E-state index >= 15 is 0 Å². The van der Waals surface area contributed by atoms with E-state index in [1.54, 1.807) is 19.1 Å². The smallest absolute Gasteiger partial charge is 0.293 e.